The molecule has 1 aromatic carbocycles. The maximum absolute atomic E-state index is 6.37. The Morgan fingerprint density at radius 2 is 2.11 bits per heavy atom. The van der Waals surface area contributed by atoms with E-state index in [0.717, 1.165) is 35.5 Å². The lowest BCUT2D eigenvalue weighted by Crippen LogP contribution is -2.22. The molecule has 102 valence electrons. The van der Waals surface area contributed by atoms with Gasteiger partial charge >= 0.3 is 0 Å². The molecule has 0 saturated carbocycles. The normalized spacial score (nSPS) is 12.7. The van der Waals surface area contributed by atoms with Gasteiger partial charge in [-0.15, -0.1) is 0 Å². The minimum atomic E-state index is 0.147. The molecule has 0 amide bonds. The van der Waals surface area contributed by atoms with E-state index in [9.17, 15) is 0 Å². The predicted molar refractivity (Wildman–Crippen MR) is 80.0 cm³/mol. The van der Waals surface area contributed by atoms with Crippen LogP contribution in [0.3, 0.4) is 0 Å². The monoisotopic (exact) mass is 277 g/mol. The summed E-state index contributed by atoms with van der Waals surface area (Å²) in [7, 11) is 0. The molecule has 1 atom stereocenters. The van der Waals surface area contributed by atoms with E-state index in [1.165, 1.54) is 0 Å². The molecule has 2 aromatic rings. The van der Waals surface area contributed by atoms with Gasteiger partial charge in [0.2, 0.25) is 0 Å². The fourth-order valence-electron chi connectivity index (χ4n) is 2.24. The number of nitrogens with zero attached hydrogens (tertiary/aromatic N) is 2. The van der Waals surface area contributed by atoms with Crippen LogP contribution in [0.5, 0.6) is 0 Å². The third kappa shape index (κ3) is 2.99. The van der Waals surface area contributed by atoms with Crippen LogP contribution in [0.25, 0.3) is 5.69 Å². The second-order valence-corrected chi connectivity index (χ2v) is 5.37. The zero-order valence-electron chi connectivity index (χ0n) is 11.7. The van der Waals surface area contributed by atoms with Gasteiger partial charge in [-0.2, -0.15) is 5.10 Å². The van der Waals surface area contributed by atoms with Gasteiger partial charge in [0.15, 0.2) is 0 Å². The summed E-state index contributed by atoms with van der Waals surface area (Å²) in [5, 5.41) is 5.24. The summed E-state index contributed by atoms with van der Waals surface area (Å²) >= 11 is 6.37. The lowest BCUT2D eigenvalue weighted by molar-refractivity contribution is 0.641. The van der Waals surface area contributed by atoms with Crippen LogP contribution in [0, 0.1) is 13.8 Å². The van der Waals surface area contributed by atoms with Crippen molar-refractivity contribution in [2.45, 2.75) is 39.7 Å². The quantitative estimate of drug-likeness (QED) is 0.931. The van der Waals surface area contributed by atoms with Crippen molar-refractivity contribution in [3.8, 4) is 5.69 Å². The van der Waals surface area contributed by atoms with Gasteiger partial charge in [0.05, 0.1) is 16.4 Å². The maximum atomic E-state index is 6.37. The highest BCUT2D eigenvalue weighted by Gasteiger charge is 2.14. The minimum Gasteiger partial charge on any atom is -0.327 e. The van der Waals surface area contributed by atoms with Crippen molar-refractivity contribution in [2.75, 3.05) is 0 Å². The van der Waals surface area contributed by atoms with Crippen LogP contribution in [-0.2, 0) is 6.42 Å². The summed E-state index contributed by atoms with van der Waals surface area (Å²) in [4.78, 5) is 0. The Labute approximate surface area is 119 Å². The molecule has 0 fully saturated rings. The number of hydrogen-bond acceptors (Lipinski definition) is 2. The first kappa shape index (κ1) is 14.1. The van der Waals surface area contributed by atoms with Crippen molar-refractivity contribution in [2.24, 2.45) is 5.73 Å². The lowest BCUT2D eigenvalue weighted by atomic mass is 10.0. The molecule has 0 aliphatic heterocycles. The standard InChI is InChI=1S/C15H20ClN3/c1-4-13(17)9-12-6-5-7-14(16)15(12)19-11(3)8-10(2)18-19/h5-8,13H,4,9,17H2,1-3H3. The summed E-state index contributed by atoms with van der Waals surface area (Å²) in [5.41, 5.74) is 10.2. The largest absolute Gasteiger partial charge is 0.327 e. The Morgan fingerprint density at radius 1 is 1.37 bits per heavy atom. The smallest absolute Gasteiger partial charge is 0.0867 e. The Hall–Kier alpha value is -1.32. The van der Waals surface area contributed by atoms with E-state index in [2.05, 4.69) is 18.1 Å². The first-order valence-electron chi connectivity index (χ1n) is 6.59. The summed E-state index contributed by atoms with van der Waals surface area (Å²) in [6.45, 7) is 6.11. The number of halogens is 1. The van der Waals surface area contributed by atoms with E-state index < -0.39 is 0 Å². The summed E-state index contributed by atoms with van der Waals surface area (Å²) < 4.78 is 1.91. The number of hydrogen-bond donors (Lipinski definition) is 1. The van der Waals surface area contributed by atoms with Gasteiger partial charge < -0.3 is 5.73 Å². The predicted octanol–water partition coefficient (Wildman–Crippen LogP) is 3.42. The zero-order chi connectivity index (χ0) is 14.0. The molecule has 1 aromatic heterocycles. The topological polar surface area (TPSA) is 43.8 Å². The molecule has 1 heterocycles. The van der Waals surface area contributed by atoms with E-state index in [-0.39, 0.29) is 6.04 Å². The molecule has 0 aliphatic rings. The fourth-order valence-corrected chi connectivity index (χ4v) is 2.52. The van der Waals surface area contributed by atoms with Crippen LogP contribution in [0.4, 0.5) is 0 Å². The Morgan fingerprint density at radius 3 is 2.68 bits per heavy atom. The third-order valence-corrected chi connectivity index (χ3v) is 3.60. The van der Waals surface area contributed by atoms with Gasteiger partial charge in [0, 0.05) is 11.7 Å². The van der Waals surface area contributed by atoms with Crippen LogP contribution in [-0.4, -0.2) is 15.8 Å². The van der Waals surface area contributed by atoms with Crippen LogP contribution in [0.1, 0.15) is 30.3 Å². The Bertz CT molecular complexity index is 575. The molecule has 19 heavy (non-hydrogen) atoms. The average molecular weight is 278 g/mol. The van der Waals surface area contributed by atoms with E-state index in [0.29, 0.717) is 5.02 Å². The summed E-state index contributed by atoms with van der Waals surface area (Å²) in [6, 6.07) is 8.14. The van der Waals surface area contributed by atoms with E-state index >= 15 is 0 Å². The molecule has 0 aliphatic carbocycles. The van der Waals surface area contributed by atoms with Crippen molar-refractivity contribution in [1.29, 1.82) is 0 Å². The molecule has 2 N–H and O–H groups in total. The number of aryl methyl sites for hydroxylation is 2. The highest BCUT2D eigenvalue weighted by Crippen LogP contribution is 2.26. The summed E-state index contributed by atoms with van der Waals surface area (Å²) in [6.07, 6.45) is 1.76. The molecule has 0 saturated heterocycles. The van der Waals surface area contributed by atoms with Gasteiger partial charge in [-0.25, -0.2) is 4.68 Å². The van der Waals surface area contributed by atoms with Gasteiger partial charge in [-0.05, 0) is 44.4 Å². The van der Waals surface area contributed by atoms with Crippen molar-refractivity contribution in [3.63, 3.8) is 0 Å². The molecule has 4 heteroatoms. The van der Waals surface area contributed by atoms with Gasteiger partial charge in [0.1, 0.15) is 0 Å². The molecule has 0 bridgehead atoms. The SMILES string of the molecule is CCC(N)Cc1cccc(Cl)c1-n1nc(C)cc1C. The van der Waals surface area contributed by atoms with Crippen LogP contribution in [0.2, 0.25) is 5.02 Å². The van der Waals surface area contributed by atoms with E-state index in [1.54, 1.807) is 0 Å². The Kier molecular flexibility index (Phi) is 4.27. The van der Waals surface area contributed by atoms with Gasteiger partial charge in [-0.1, -0.05) is 30.7 Å². The average Bonchev–Trinajstić information content (AvgIpc) is 2.68. The van der Waals surface area contributed by atoms with Crippen LogP contribution in [0.15, 0.2) is 24.3 Å². The number of para-hydroxylation sites is 1. The minimum absolute atomic E-state index is 0.147. The van der Waals surface area contributed by atoms with E-state index in [1.807, 2.05) is 36.7 Å². The fraction of sp³-hybridized carbons (Fsp3) is 0.400. The zero-order valence-corrected chi connectivity index (χ0v) is 12.4. The van der Waals surface area contributed by atoms with Crippen molar-refractivity contribution < 1.29 is 0 Å². The molecule has 0 radical (unpaired) electrons. The molecular formula is C15H20ClN3. The number of benzene rings is 1. The highest BCUT2D eigenvalue weighted by atomic mass is 35.5. The van der Waals surface area contributed by atoms with E-state index in [4.69, 9.17) is 17.3 Å². The molecule has 0 spiro atoms. The van der Waals surface area contributed by atoms with Crippen LogP contribution >= 0.6 is 11.6 Å². The van der Waals surface area contributed by atoms with Crippen molar-refractivity contribution >= 4 is 11.6 Å². The van der Waals surface area contributed by atoms with Crippen LogP contribution < -0.4 is 5.73 Å². The molecule has 2 rings (SSSR count). The Balaban J connectivity index is 2.52. The maximum Gasteiger partial charge on any atom is 0.0867 e. The van der Waals surface area contributed by atoms with Gasteiger partial charge in [0.25, 0.3) is 0 Å². The number of nitrogens with two attached hydrogens (primary N) is 1. The molecular weight excluding hydrogens is 258 g/mol. The second kappa shape index (κ2) is 5.76. The first-order chi connectivity index (χ1) is 9.02. The van der Waals surface area contributed by atoms with Crippen molar-refractivity contribution in [3.05, 3.63) is 46.2 Å². The first-order valence-corrected chi connectivity index (χ1v) is 6.97. The highest BCUT2D eigenvalue weighted by molar-refractivity contribution is 6.32. The molecule has 3 nitrogen and oxygen atoms in total. The molecule has 1 unspecified atom stereocenters. The van der Waals surface area contributed by atoms with Crippen molar-refractivity contribution in [1.82, 2.24) is 9.78 Å². The van der Waals surface area contributed by atoms with Gasteiger partial charge in [-0.3, -0.25) is 0 Å². The number of rotatable bonds is 4. The lowest BCUT2D eigenvalue weighted by Gasteiger charge is -2.16. The third-order valence-electron chi connectivity index (χ3n) is 3.30. The second-order valence-electron chi connectivity index (χ2n) is 4.96. The summed E-state index contributed by atoms with van der Waals surface area (Å²) in [5.74, 6) is 0. The number of aromatic nitrogens is 2.